The van der Waals surface area contributed by atoms with E-state index >= 15 is 0 Å². The van der Waals surface area contributed by atoms with Crippen LogP contribution in [0, 0.1) is 6.92 Å². The number of esters is 1. The van der Waals surface area contributed by atoms with Crippen LogP contribution >= 0.6 is 11.3 Å². The van der Waals surface area contributed by atoms with Crippen LogP contribution in [0.1, 0.15) is 35.2 Å². The molecule has 2 aliphatic rings. The minimum Gasteiger partial charge on any atom is -0.497 e. The van der Waals surface area contributed by atoms with Crippen molar-refractivity contribution in [1.82, 2.24) is 4.57 Å². The molecule has 1 aromatic heterocycles. The van der Waals surface area contributed by atoms with Gasteiger partial charge in [-0.3, -0.25) is 14.2 Å². The van der Waals surface area contributed by atoms with E-state index in [9.17, 15) is 14.4 Å². The summed E-state index contributed by atoms with van der Waals surface area (Å²) in [5, 5.41) is 2.87. The van der Waals surface area contributed by atoms with Crippen molar-refractivity contribution in [2.75, 3.05) is 19.0 Å². The Bertz CT molecular complexity index is 1890. The van der Waals surface area contributed by atoms with Crippen LogP contribution in [0.4, 0.5) is 5.69 Å². The number of nitrogens with one attached hydrogen (secondary N) is 1. The van der Waals surface area contributed by atoms with Gasteiger partial charge in [-0.15, -0.1) is 0 Å². The maximum absolute atomic E-state index is 14.2. The first-order valence-corrected chi connectivity index (χ1v) is 13.6. The zero-order valence-electron chi connectivity index (χ0n) is 22.1. The summed E-state index contributed by atoms with van der Waals surface area (Å²) in [7, 11) is 1.57. The Hall–Kier alpha value is -4.76. The number of hydrogen-bond acceptors (Lipinski definition) is 7. The first-order chi connectivity index (χ1) is 19.4. The number of benzene rings is 3. The third-order valence-electron chi connectivity index (χ3n) is 6.93. The van der Waals surface area contributed by atoms with E-state index in [-0.39, 0.29) is 22.6 Å². The Morgan fingerprint density at radius 3 is 2.50 bits per heavy atom. The molecule has 1 N–H and O–H groups in total. The van der Waals surface area contributed by atoms with Crippen LogP contribution < -0.4 is 24.9 Å². The number of amides is 1. The lowest BCUT2D eigenvalue weighted by Gasteiger charge is -2.26. The smallest absolute Gasteiger partial charge is 0.338 e. The van der Waals surface area contributed by atoms with E-state index in [1.54, 1.807) is 26.2 Å². The van der Waals surface area contributed by atoms with Gasteiger partial charge in [0.25, 0.3) is 11.5 Å². The van der Waals surface area contributed by atoms with E-state index in [4.69, 9.17) is 14.5 Å². The first kappa shape index (κ1) is 25.5. The molecule has 1 amide bonds. The number of nitrogens with zero attached hydrogens (tertiary/aromatic N) is 2. The van der Waals surface area contributed by atoms with Gasteiger partial charge >= 0.3 is 5.97 Å². The summed E-state index contributed by atoms with van der Waals surface area (Å²) < 4.78 is 12.6. The van der Waals surface area contributed by atoms with Gasteiger partial charge in [0.1, 0.15) is 10.3 Å². The highest BCUT2D eigenvalue weighted by atomic mass is 32.1. The van der Waals surface area contributed by atoms with Crippen molar-refractivity contribution in [2.24, 2.45) is 4.99 Å². The van der Waals surface area contributed by atoms with Gasteiger partial charge in [-0.2, -0.15) is 0 Å². The molecule has 0 spiro atoms. The van der Waals surface area contributed by atoms with Crippen molar-refractivity contribution in [3.05, 3.63) is 120 Å². The number of aromatic nitrogens is 1. The van der Waals surface area contributed by atoms with E-state index in [1.807, 2.05) is 67.6 Å². The van der Waals surface area contributed by atoms with Crippen molar-refractivity contribution < 1.29 is 19.1 Å². The second kappa shape index (κ2) is 10.1. The van der Waals surface area contributed by atoms with Crippen LogP contribution in [-0.2, 0) is 14.3 Å². The second-order valence-corrected chi connectivity index (χ2v) is 10.4. The van der Waals surface area contributed by atoms with Crippen LogP contribution in [0.5, 0.6) is 5.75 Å². The summed E-state index contributed by atoms with van der Waals surface area (Å²) in [6.07, 6.45) is 0. The number of hydrogen-bond donors (Lipinski definition) is 1. The predicted octanol–water partition coefficient (Wildman–Crippen LogP) is 3.57. The topological polar surface area (TPSA) is 99.0 Å². The molecule has 4 aromatic rings. The number of rotatable bonds is 5. The van der Waals surface area contributed by atoms with Gasteiger partial charge < -0.3 is 14.8 Å². The number of ether oxygens (including phenoxy) is 2. The fourth-order valence-electron chi connectivity index (χ4n) is 5.10. The molecule has 9 heteroatoms. The van der Waals surface area contributed by atoms with E-state index < -0.39 is 17.6 Å². The van der Waals surface area contributed by atoms with E-state index in [1.165, 1.54) is 4.57 Å². The molecular formula is C31H25N3O5S. The van der Waals surface area contributed by atoms with Crippen LogP contribution in [0.2, 0.25) is 0 Å². The summed E-state index contributed by atoms with van der Waals surface area (Å²) in [6.45, 7) is 3.83. The Kier molecular flexibility index (Phi) is 6.43. The van der Waals surface area contributed by atoms with E-state index in [0.717, 1.165) is 16.9 Å². The van der Waals surface area contributed by atoms with Crippen molar-refractivity contribution >= 4 is 40.2 Å². The lowest BCUT2D eigenvalue weighted by Crippen LogP contribution is -2.40. The van der Waals surface area contributed by atoms with Gasteiger partial charge in [0.15, 0.2) is 4.80 Å². The molecule has 40 heavy (non-hydrogen) atoms. The molecule has 0 fully saturated rings. The Labute approximate surface area is 233 Å². The SMILES string of the molecule is CCOC(=O)C1=C(c2ccccc2)N=c2s/c(=C3\C(=O)Nc4ccc(C)cc43)c(=O)n2[C@H]1c1ccc(OC)cc1. The molecule has 0 bridgehead atoms. The van der Waals surface area contributed by atoms with Crippen molar-refractivity contribution in [2.45, 2.75) is 19.9 Å². The van der Waals surface area contributed by atoms with Crippen molar-refractivity contribution in [3.63, 3.8) is 0 Å². The molecule has 2 aliphatic heterocycles. The quantitative estimate of drug-likeness (QED) is 0.383. The average Bonchev–Trinajstić information content (AvgIpc) is 3.47. The Morgan fingerprint density at radius 2 is 1.80 bits per heavy atom. The highest BCUT2D eigenvalue weighted by molar-refractivity contribution is 7.07. The van der Waals surface area contributed by atoms with Gasteiger partial charge in [0.2, 0.25) is 0 Å². The lowest BCUT2D eigenvalue weighted by atomic mass is 9.93. The third-order valence-corrected chi connectivity index (χ3v) is 7.98. The van der Waals surface area contributed by atoms with Gasteiger partial charge in [0, 0.05) is 16.8 Å². The van der Waals surface area contributed by atoms with Crippen molar-refractivity contribution in [1.29, 1.82) is 0 Å². The number of anilines is 1. The number of methoxy groups -OCH3 is 1. The molecule has 200 valence electrons. The van der Waals surface area contributed by atoms with Gasteiger partial charge in [0.05, 0.1) is 36.6 Å². The molecule has 1 atom stereocenters. The predicted molar refractivity (Wildman–Crippen MR) is 153 cm³/mol. The minimum atomic E-state index is -0.841. The van der Waals surface area contributed by atoms with E-state index in [2.05, 4.69) is 5.32 Å². The third kappa shape index (κ3) is 4.15. The molecule has 0 radical (unpaired) electrons. The monoisotopic (exact) mass is 551 g/mol. The van der Waals surface area contributed by atoms with Gasteiger partial charge in [-0.1, -0.05) is 65.4 Å². The Balaban J connectivity index is 1.71. The molecular weight excluding hydrogens is 526 g/mol. The molecule has 0 saturated carbocycles. The standard InChI is InChI=1S/C31H25N3O5S/c1-4-39-30(37)24-25(18-8-6-5-7-9-18)33-31-34(26(24)19-11-13-20(38-3)14-12-19)29(36)27(40-31)23-21-16-17(2)10-15-22(21)32-28(23)35/h5-16,26H,4H2,1-3H3,(H,32,35)/b27-23-/t26-/m0/s1. The van der Waals surface area contributed by atoms with Crippen LogP contribution in [-0.4, -0.2) is 30.2 Å². The summed E-state index contributed by atoms with van der Waals surface area (Å²) >= 11 is 1.14. The summed E-state index contributed by atoms with van der Waals surface area (Å²) in [5.74, 6) is -0.277. The zero-order valence-corrected chi connectivity index (χ0v) is 22.9. The number of fused-ring (bicyclic) bond motifs is 2. The molecule has 0 unspecified atom stereocenters. The number of aryl methyl sites for hydroxylation is 1. The van der Waals surface area contributed by atoms with Crippen LogP contribution in [0.3, 0.4) is 0 Å². The van der Waals surface area contributed by atoms with E-state index in [0.29, 0.717) is 44.2 Å². The maximum atomic E-state index is 14.2. The molecule has 0 saturated heterocycles. The Morgan fingerprint density at radius 1 is 1.05 bits per heavy atom. The van der Waals surface area contributed by atoms with Gasteiger partial charge in [-0.05, 0) is 43.7 Å². The largest absolute Gasteiger partial charge is 0.497 e. The maximum Gasteiger partial charge on any atom is 0.338 e. The fourth-order valence-corrected chi connectivity index (χ4v) is 6.20. The lowest BCUT2D eigenvalue weighted by molar-refractivity contribution is -0.138. The van der Waals surface area contributed by atoms with Crippen molar-refractivity contribution in [3.8, 4) is 5.75 Å². The molecule has 8 nitrogen and oxygen atoms in total. The number of thiazole rings is 1. The highest BCUT2D eigenvalue weighted by Gasteiger charge is 2.36. The summed E-state index contributed by atoms with van der Waals surface area (Å²) in [4.78, 5) is 46.2. The van der Waals surface area contributed by atoms with Crippen LogP contribution in [0.15, 0.2) is 88.2 Å². The number of carbonyl (C=O) groups is 2. The minimum absolute atomic E-state index is 0.157. The highest BCUT2D eigenvalue weighted by Crippen LogP contribution is 2.36. The van der Waals surface area contributed by atoms with Gasteiger partial charge in [-0.25, -0.2) is 9.79 Å². The molecule has 3 heterocycles. The van der Waals surface area contributed by atoms with Crippen LogP contribution in [0.25, 0.3) is 11.3 Å². The molecule has 3 aromatic carbocycles. The second-order valence-electron chi connectivity index (χ2n) is 9.40. The normalized spacial score (nSPS) is 17.1. The zero-order chi connectivity index (χ0) is 28.0. The average molecular weight is 552 g/mol. The molecule has 0 aliphatic carbocycles. The summed E-state index contributed by atoms with van der Waals surface area (Å²) in [5.41, 5.74) is 4.24. The number of carbonyl (C=O) groups excluding carboxylic acids is 2. The summed E-state index contributed by atoms with van der Waals surface area (Å²) in [6, 6.07) is 21.3. The molecule has 6 rings (SSSR count). The first-order valence-electron chi connectivity index (χ1n) is 12.8. The fraction of sp³-hybridized carbons (Fsp3) is 0.161.